The zero-order chi connectivity index (χ0) is 27.3. The van der Waals surface area contributed by atoms with Gasteiger partial charge >= 0.3 is 0 Å². The van der Waals surface area contributed by atoms with Crippen molar-refractivity contribution in [1.29, 1.82) is 5.26 Å². The van der Waals surface area contributed by atoms with Crippen LogP contribution in [0.2, 0.25) is 10.0 Å². The molecule has 4 rings (SSSR count). The molecule has 0 saturated carbocycles. The Hall–Kier alpha value is -3.22. The Labute approximate surface area is 232 Å². The van der Waals surface area contributed by atoms with Crippen LogP contribution in [0.1, 0.15) is 53.6 Å². The summed E-state index contributed by atoms with van der Waals surface area (Å²) in [5.74, 6) is -0.283. The van der Waals surface area contributed by atoms with E-state index in [1.54, 1.807) is 19.1 Å². The first kappa shape index (κ1) is 27.8. The van der Waals surface area contributed by atoms with Gasteiger partial charge in [-0.25, -0.2) is 4.98 Å². The van der Waals surface area contributed by atoms with Gasteiger partial charge in [0.15, 0.2) is 0 Å². The van der Waals surface area contributed by atoms with Gasteiger partial charge in [0.2, 0.25) is 0 Å². The van der Waals surface area contributed by atoms with Crippen LogP contribution in [0.5, 0.6) is 0 Å². The number of aliphatic hydroxyl groups is 1. The van der Waals surface area contributed by atoms with Gasteiger partial charge in [0.05, 0.1) is 46.5 Å². The fourth-order valence-corrected chi connectivity index (χ4v) is 5.04. The number of nitrogens with zero attached hydrogens (tertiary/aromatic N) is 5. The van der Waals surface area contributed by atoms with Gasteiger partial charge < -0.3 is 15.3 Å². The van der Waals surface area contributed by atoms with Crippen LogP contribution in [0, 0.1) is 11.3 Å². The number of hydrogen-bond donors (Lipinski definition) is 2. The summed E-state index contributed by atoms with van der Waals surface area (Å²) in [7, 11) is 0. The van der Waals surface area contributed by atoms with E-state index >= 15 is 0 Å². The van der Waals surface area contributed by atoms with Crippen LogP contribution in [0.4, 0.5) is 5.69 Å². The predicted molar refractivity (Wildman–Crippen MR) is 148 cm³/mol. The van der Waals surface area contributed by atoms with E-state index in [4.69, 9.17) is 23.2 Å². The Kier molecular flexibility index (Phi) is 8.85. The lowest BCUT2D eigenvalue weighted by molar-refractivity contribution is 0.00641. The van der Waals surface area contributed by atoms with E-state index in [1.165, 1.54) is 12.4 Å². The molecule has 1 aliphatic rings. The molecular weight excluding hydrogens is 523 g/mol. The van der Waals surface area contributed by atoms with Crippen molar-refractivity contribution in [3.63, 3.8) is 0 Å². The van der Waals surface area contributed by atoms with Gasteiger partial charge in [-0.15, -0.1) is 0 Å². The first-order valence-electron chi connectivity index (χ1n) is 12.5. The summed E-state index contributed by atoms with van der Waals surface area (Å²) in [5.41, 5.74) is 1.73. The Morgan fingerprint density at radius 3 is 2.58 bits per heavy atom. The lowest BCUT2D eigenvalue weighted by Gasteiger charge is -2.45. The average molecular weight is 553 g/mol. The van der Waals surface area contributed by atoms with Crippen LogP contribution in [-0.2, 0) is 5.60 Å². The third-order valence-electron chi connectivity index (χ3n) is 6.61. The molecule has 1 saturated heterocycles. The highest BCUT2D eigenvalue weighted by molar-refractivity contribution is 6.33. The van der Waals surface area contributed by atoms with Crippen LogP contribution < -0.4 is 10.2 Å². The normalized spacial score (nSPS) is 17.5. The average Bonchev–Trinajstić information content (AvgIpc) is 2.92. The van der Waals surface area contributed by atoms with E-state index < -0.39 is 5.60 Å². The van der Waals surface area contributed by atoms with E-state index in [2.05, 4.69) is 31.2 Å². The van der Waals surface area contributed by atoms with Crippen LogP contribution in [0.15, 0.2) is 54.9 Å². The highest BCUT2D eigenvalue weighted by atomic mass is 35.5. The molecule has 38 heavy (non-hydrogen) atoms. The van der Waals surface area contributed by atoms with E-state index in [0.29, 0.717) is 54.0 Å². The molecule has 1 amide bonds. The van der Waals surface area contributed by atoms with Gasteiger partial charge in [-0.05, 0) is 49.2 Å². The Balaban J connectivity index is 1.54. The van der Waals surface area contributed by atoms with Crippen molar-refractivity contribution in [2.75, 3.05) is 37.6 Å². The Morgan fingerprint density at radius 1 is 1.18 bits per heavy atom. The first-order valence-corrected chi connectivity index (χ1v) is 13.2. The fourth-order valence-electron chi connectivity index (χ4n) is 4.62. The van der Waals surface area contributed by atoms with Crippen molar-refractivity contribution in [1.82, 2.24) is 20.2 Å². The number of β-amino-alcohol motifs (C(OH)–C–C–N with tert-alkyl or cyclic N) is 1. The zero-order valence-corrected chi connectivity index (χ0v) is 22.9. The number of aromatic nitrogens is 2. The van der Waals surface area contributed by atoms with Crippen molar-refractivity contribution in [3.8, 4) is 6.07 Å². The minimum absolute atomic E-state index is 0.0713. The number of benzene rings is 2. The molecule has 0 bridgehead atoms. The quantitative estimate of drug-likeness (QED) is 0.421. The maximum absolute atomic E-state index is 12.2. The molecule has 1 fully saturated rings. The zero-order valence-electron chi connectivity index (χ0n) is 21.4. The molecular formula is C28H30Cl2N6O2. The Morgan fingerprint density at radius 2 is 1.95 bits per heavy atom. The summed E-state index contributed by atoms with van der Waals surface area (Å²) in [6, 6.07) is 15.1. The standard InChI is InChI=1S/C28H30Cl2N6O2/c1-3-10-32-27(37)23-15-34-26(16-33-23)28(2,38)18-35-11-12-36(24-9-4-19(14-31)13-22(24)30)25(17-35)20-5-7-21(29)8-6-20/h4-9,13,15-16,25,38H,3,10-12,17-18H2,1-2H3,(H,32,37)/t25-,28+/m0/s1. The van der Waals surface area contributed by atoms with Crippen LogP contribution in [0.25, 0.3) is 0 Å². The monoisotopic (exact) mass is 552 g/mol. The number of nitriles is 1. The highest BCUT2D eigenvalue weighted by Crippen LogP contribution is 2.36. The smallest absolute Gasteiger partial charge is 0.271 e. The molecule has 1 aromatic heterocycles. The molecule has 0 aliphatic carbocycles. The van der Waals surface area contributed by atoms with Gasteiger partial charge in [-0.1, -0.05) is 42.3 Å². The fraction of sp³-hybridized carbons (Fsp3) is 0.357. The van der Waals surface area contributed by atoms with Gasteiger partial charge in [0.25, 0.3) is 5.91 Å². The molecule has 2 aromatic carbocycles. The molecule has 0 radical (unpaired) electrons. The summed E-state index contributed by atoms with van der Waals surface area (Å²) >= 11 is 12.7. The van der Waals surface area contributed by atoms with Crippen molar-refractivity contribution < 1.29 is 9.90 Å². The molecule has 198 valence electrons. The second-order valence-electron chi connectivity index (χ2n) is 9.59. The number of rotatable bonds is 8. The molecule has 8 nitrogen and oxygen atoms in total. The van der Waals surface area contributed by atoms with Crippen molar-refractivity contribution in [3.05, 3.63) is 87.4 Å². The lowest BCUT2D eigenvalue weighted by atomic mass is 9.97. The van der Waals surface area contributed by atoms with E-state index in [9.17, 15) is 15.2 Å². The van der Waals surface area contributed by atoms with E-state index in [-0.39, 0.29) is 17.6 Å². The number of carbonyl (C=O) groups excluding carboxylic acids is 1. The van der Waals surface area contributed by atoms with Crippen molar-refractivity contribution in [2.45, 2.75) is 31.9 Å². The van der Waals surface area contributed by atoms with Gasteiger partial charge in [0, 0.05) is 37.7 Å². The molecule has 2 heterocycles. The summed E-state index contributed by atoms with van der Waals surface area (Å²) < 4.78 is 0. The van der Waals surface area contributed by atoms with Crippen molar-refractivity contribution in [2.24, 2.45) is 0 Å². The number of anilines is 1. The number of carbonyl (C=O) groups is 1. The van der Waals surface area contributed by atoms with E-state index in [0.717, 1.165) is 17.7 Å². The Bertz CT molecular complexity index is 1310. The summed E-state index contributed by atoms with van der Waals surface area (Å²) in [4.78, 5) is 25.1. The van der Waals surface area contributed by atoms with Gasteiger partial charge in [-0.2, -0.15) is 5.26 Å². The van der Waals surface area contributed by atoms with Crippen molar-refractivity contribution >= 4 is 34.8 Å². The molecule has 3 aromatic rings. The molecule has 2 atom stereocenters. The predicted octanol–water partition coefficient (Wildman–Crippen LogP) is 4.57. The summed E-state index contributed by atoms with van der Waals surface area (Å²) in [6.07, 6.45) is 3.69. The largest absolute Gasteiger partial charge is 0.382 e. The SMILES string of the molecule is CCCNC(=O)c1cnc([C@](C)(O)CN2CCN(c3ccc(C#N)cc3Cl)[C@H](c3ccc(Cl)cc3)C2)cn1. The second kappa shape index (κ2) is 12.1. The number of piperazine rings is 1. The number of amides is 1. The molecule has 10 heteroatoms. The highest BCUT2D eigenvalue weighted by Gasteiger charge is 2.35. The van der Waals surface area contributed by atoms with E-state index in [1.807, 2.05) is 37.3 Å². The topological polar surface area (TPSA) is 105 Å². The van der Waals surface area contributed by atoms with Crippen LogP contribution in [0.3, 0.4) is 0 Å². The molecule has 1 aliphatic heterocycles. The third-order valence-corrected chi connectivity index (χ3v) is 7.16. The van der Waals surface area contributed by atoms with Crippen LogP contribution >= 0.6 is 23.2 Å². The van der Waals surface area contributed by atoms with Crippen LogP contribution in [-0.4, -0.2) is 58.6 Å². The van der Waals surface area contributed by atoms with Gasteiger partial charge in [-0.3, -0.25) is 14.7 Å². The minimum Gasteiger partial charge on any atom is -0.382 e. The lowest BCUT2D eigenvalue weighted by Crippen LogP contribution is -2.52. The minimum atomic E-state index is -1.29. The molecule has 0 unspecified atom stereocenters. The maximum atomic E-state index is 12.2. The first-order chi connectivity index (χ1) is 18.2. The second-order valence-corrected chi connectivity index (χ2v) is 10.4. The number of halogens is 2. The number of hydrogen-bond acceptors (Lipinski definition) is 7. The molecule has 2 N–H and O–H groups in total. The maximum Gasteiger partial charge on any atom is 0.271 e. The summed E-state index contributed by atoms with van der Waals surface area (Å²) in [5, 5.41) is 24.5. The van der Waals surface area contributed by atoms with Gasteiger partial charge in [0.1, 0.15) is 11.3 Å². The summed E-state index contributed by atoms with van der Waals surface area (Å²) in [6.45, 7) is 6.49. The molecule has 0 spiro atoms. The third kappa shape index (κ3) is 6.43. The number of nitrogens with one attached hydrogen (secondary N) is 1.